The first kappa shape index (κ1) is 9.68. The third-order valence-electron chi connectivity index (χ3n) is 2.54. The second kappa shape index (κ2) is 3.37. The largest absolute Gasteiger partial charge is 0.324 e. The molecular weight excluding hydrogens is 196 g/mol. The Labute approximate surface area is 87.7 Å². The molecule has 0 aliphatic carbocycles. The van der Waals surface area contributed by atoms with Crippen LogP contribution in [0.4, 0.5) is 0 Å². The minimum absolute atomic E-state index is 0.0626. The summed E-state index contributed by atoms with van der Waals surface area (Å²) < 4.78 is 0. The van der Waals surface area contributed by atoms with E-state index in [0.29, 0.717) is 0 Å². The summed E-state index contributed by atoms with van der Waals surface area (Å²) >= 11 is 1.74. The van der Waals surface area contributed by atoms with Crippen LogP contribution in [-0.4, -0.2) is 23.9 Å². The van der Waals surface area contributed by atoms with E-state index in [9.17, 15) is 4.79 Å². The van der Waals surface area contributed by atoms with Gasteiger partial charge in [-0.1, -0.05) is 0 Å². The Bertz CT molecular complexity index is 361. The Morgan fingerprint density at radius 3 is 2.64 bits per heavy atom. The van der Waals surface area contributed by atoms with E-state index >= 15 is 0 Å². The number of aryl methyl sites for hydroxylation is 1. The molecule has 2 heterocycles. The molecule has 1 fully saturated rings. The molecule has 1 amide bonds. The number of hydrogen-bond donors (Lipinski definition) is 1. The predicted molar refractivity (Wildman–Crippen MR) is 57.2 cm³/mol. The van der Waals surface area contributed by atoms with E-state index in [4.69, 9.17) is 0 Å². The van der Waals surface area contributed by atoms with Crippen LogP contribution >= 0.6 is 11.3 Å². The van der Waals surface area contributed by atoms with Gasteiger partial charge in [0.05, 0.1) is 6.04 Å². The highest BCUT2D eigenvalue weighted by Gasteiger charge is 2.34. The molecule has 0 bridgehead atoms. The Balaban J connectivity index is 2.25. The second-order valence-corrected chi connectivity index (χ2v) is 5.01. The van der Waals surface area contributed by atoms with Gasteiger partial charge in [-0.3, -0.25) is 10.1 Å². The molecule has 2 rings (SSSR count). The fourth-order valence-corrected chi connectivity index (χ4v) is 2.71. The molecule has 1 aromatic heterocycles. The summed E-state index contributed by atoms with van der Waals surface area (Å²) in [6.45, 7) is 3.98. The zero-order valence-corrected chi connectivity index (χ0v) is 9.39. The zero-order chi connectivity index (χ0) is 10.3. The van der Waals surface area contributed by atoms with Crippen LogP contribution < -0.4 is 5.32 Å². The summed E-state index contributed by atoms with van der Waals surface area (Å²) in [4.78, 5) is 15.8. The molecule has 76 valence electrons. The Morgan fingerprint density at radius 1 is 1.50 bits per heavy atom. The van der Waals surface area contributed by atoms with E-state index in [0.717, 1.165) is 0 Å². The molecule has 3 nitrogen and oxygen atoms in total. The average molecular weight is 210 g/mol. The van der Waals surface area contributed by atoms with E-state index in [1.165, 1.54) is 9.75 Å². The Kier molecular flexibility index (Phi) is 2.33. The van der Waals surface area contributed by atoms with Crippen molar-refractivity contribution in [1.82, 2.24) is 10.2 Å². The van der Waals surface area contributed by atoms with E-state index in [-0.39, 0.29) is 18.1 Å². The molecule has 4 heteroatoms. The van der Waals surface area contributed by atoms with Crippen molar-refractivity contribution < 1.29 is 4.79 Å². The Hall–Kier alpha value is -0.870. The third kappa shape index (κ3) is 1.44. The maximum absolute atomic E-state index is 11.6. The van der Waals surface area contributed by atoms with Gasteiger partial charge in [0.25, 0.3) is 0 Å². The first-order chi connectivity index (χ1) is 6.59. The van der Waals surface area contributed by atoms with Gasteiger partial charge in [0, 0.05) is 16.8 Å². The first-order valence-corrected chi connectivity index (χ1v) is 5.50. The highest BCUT2D eigenvalue weighted by molar-refractivity contribution is 7.12. The molecule has 2 atom stereocenters. The maximum Gasteiger partial charge on any atom is 0.240 e. The number of hydrogen-bond acceptors (Lipinski definition) is 3. The van der Waals surface area contributed by atoms with Crippen molar-refractivity contribution in [1.29, 1.82) is 0 Å². The first-order valence-electron chi connectivity index (χ1n) is 4.68. The average Bonchev–Trinajstić information content (AvgIpc) is 2.66. The van der Waals surface area contributed by atoms with Crippen LogP contribution in [0.1, 0.15) is 22.8 Å². The summed E-state index contributed by atoms with van der Waals surface area (Å²) in [6, 6.07) is 4.11. The lowest BCUT2D eigenvalue weighted by Gasteiger charge is -2.17. The number of carbonyl (C=O) groups is 1. The lowest BCUT2D eigenvalue weighted by molar-refractivity contribution is -0.128. The van der Waals surface area contributed by atoms with E-state index in [1.807, 2.05) is 14.0 Å². The van der Waals surface area contributed by atoms with Crippen molar-refractivity contribution in [2.24, 2.45) is 0 Å². The highest BCUT2D eigenvalue weighted by Crippen LogP contribution is 2.28. The summed E-state index contributed by atoms with van der Waals surface area (Å²) in [5.74, 6) is 0.168. The number of nitrogens with zero attached hydrogens (tertiary/aromatic N) is 1. The molecule has 0 aromatic carbocycles. The highest BCUT2D eigenvalue weighted by atomic mass is 32.1. The van der Waals surface area contributed by atoms with Crippen LogP contribution in [0.25, 0.3) is 0 Å². The van der Waals surface area contributed by atoms with Gasteiger partial charge in [-0.15, -0.1) is 11.3 Å². The molecule has 0 spiro atoms. The van der Waals surface area contributed by atoms with Crippen molar-refractivity contribution >= 4 is 17.2 Å². The van der Waals surface area contributed by atoms with Crippen LogP contribution in [0.2, 0.25) is 0 Å². The molecule has 1 aliphatic rings. The SMILES string of the molecule is Cc1ccc(C2NC(C)C(=O)N2C)s1. The number of thiophene rings is 1. The van der Waals surface area contributed by atoms with Gasteiger partial charge in [-0.2, -0.15) is 0 Å². The standard InChI is InChI=1S/C10H14N2OS/c1-6-4-5-8(14-6)9-11-7(2)10(13)12(9)3/h4-5,7,9,11H,1-3H3. The minimum atomic E-state index is -0.0626. The van der Waals surface area contributed by atoms with Crippen molar-refractivity contribution in [2.75, 3.05) is 7.05 Å². The quantitative estimate of drug-likeness (QED) is 0.762. The van der Waals surface area contributed by atoms with Crippen LogP contribution in [0.3, 0.4) is 0 Å². The molecule has 1 aromatic rings. The van der Waals surface area contributed by atoms with Gasteiger partial charge in [-0.25, -0.2) is 0 Å². The van der Waals surface area contributed by atoms with Crippen LogP contribution in [0.5, 0.6) is 0 Å². The zero-order valence-electron chi connectivity index (χ0n) is 8.57. The molecule has 1 aliphatic heterocycles. The van der Waals surface area contributed by atoms with Gasteiger partial charge in [0.1, 0.15) is 6.17 Å². The molecule has 0 saturated carbocycles. The Morgan fingerprint density at radius 2 is 2.21 bits per heavy atom. The molecule has 14 heavy (non-hydrogen) atoms. The van der Waals surface area contributed by atoms with E-state index < -0.39 is 0 Å². The number of carbonyl (C=O) groups excluding carboxylic acids is 1. The van der Waals surface area contributed by atoms with Crippen LogP contribution in [0.15, 0.2) is 12.1 Å². The molecule has 1 N–H and O–H groups in total. The van der Waals surface area contributed by atoms with Crippen molar-refractivity contribution in [2.45, 2.75) is 26.1 Å². The maximum atomic E-state index is 11.6. The smallest absolute Gasteiger partial charge is 0.240 e. The minimum Gasteiger partial charge on any atom is -0.324 e. The van der Waals surface area contributed by atoms with Gasteiger partial charge in [-0.05, 0) is 26.0 Å². The van der Waals surface area contributed by atoms with E-state index in [2.05, 4.69) is 24.4 Å². The van der Waals surface area contributed by atoms with E-state index in [1.54, 1.807) is 16.2 Å². The molecule has 1 saturated heterocycles. The van der Waals surface area contributed by atoms with Crippen molar-refractivity contribution in [3.8, 4) is 0 Å². The summed E-state index contributed by atoms with van der Waals surface area (Å²) in [5.41, 5.74) is 0. The monoisotopic (exact) mass is 210 g/mol. The van der Waals surface area contributed by atoms with Gasteiger partial charge in [0.2, 0.25) is 5.91 Å². The summed E-state index contributed by atoms with van der Waals surface area (Å²) in [5, 5.41) is 3.27. The summed E-state index contributed by atoms with van der Waals surface area (Å²) in [7, 11) is 1.85. The number of likely N-dealkylation sites (N-methyl/N-ethyl adjacent to an activating group) is 1. The van der Waals surface area contributed by atoms with Crippen LogP contribution in [0, 0.1) is 6.92 Å². The molecule has 0 radical (unpaired) electrons. The topological polar surface area (TPSA) is 32.3 Å². The molecular formula is C10H14N2OS. The van der Waals surface area contributed by atoms with Gasteiger partial charge >= 0.3 is 0 Å². The lowest BCUT2D eigenvalue weighted by Crippen LogP contribution is -2.25. The normalized spacial score (nSPS) is 27.4. The number of rotatable bonds is 1. The molecule has 2 unspecified atom stereocenters. The van der Waals surface area contributed by atoms with Crippen LogP contribution in [-0.2, 0) is 4.79 Å². The van der Waals surface area contributed by atoms with Gasteiger partial charge in [0.15, 0.2) is 0 Å². The number of nitrogens with one attached hydrogen (secondary N) is 1. The fourth-order valence-electron chi connectivity index (χ4n) is 1.73. The number of amides is 1. The van der Waals surface area contributed by atoms with Crippen molar-refractivity contribution in [3.63, 3.8) is 0 Å². The second-order valence-electron chi connectivity index (χ2n) is 3.69. The lowest BCUT2D eigenvalue weighted by atomic mass is 10.3. The van der Waals surface area contributed by atoms with Gasteiger partial charge < -0.3 is 4.90 Å². The summed E-state index contributed by atoms with van der Waals surface area (Å²) in [6.07, 6.45) is 0.0659. The fraction of sp³-hybridized carbons (Fsp3) is 0.500. The van der Waals surface area contributed by atoms with Crippen molar-refractivity contribution in [3.05, 3.63) is 21.9 Å². The predicted octanol–water partition coefficient (Wildman–Crippen LogP) is 1.51. The third-order valence-corrected chi connectivity index (χ3v) is 3.60.